The second-order valence-corrected chi connectivity index (χ2v) is 5.53. The molecule has 0 bridgehead atoms. The molecule has 0 amide bonds. The summed E-state index contributed by atoms with van der Waals surface area (Å²) in [5, 5.41) is 10.5. The molecule has 1 aromatic rings. The van der Waals surface area contributed by atoms with E-state index < -0.39 is 27.0 Å². The Morgan fingerprint density at radius 1 is 1.31 bits per heavy atom. The lowest BCUT2D eigenvalue weighted by Gasteiger charge is -2.21. The summed E-state index contributed by atoms with van der Waals surface area (Å²) in [6, 6.07) is 5.06. The van der Waals surface area contributed by atoms with Gasteiger partial charge in [0, 0.05) is 4.92 Å². The van der Waals surface area contributed by atoms with Gasteiger partial charge in [-0.05, 0) is 17.7 Å². The van der Waals surface area contributed by atoms with Crippen LogP contribution in [0.5, 0.6) is 0 Å². The van der Waals surface area contributed by atoms with Gasteiger partial charge in [0.15, 0.2) is 0 Å². The van der Waals surface area contributed by atoms with E-state index in [1.54, 1.807) is 0 Å². The summed E-state index contributed by atoms with van der Waals surface area (Å²) in [4.78, 5) is 9.88. The minimum atomic E-state index is -1.80. The predicted octanol–water partition coefficient (Wildman–Crippen LogP) is 3.56. The van der Waals surface area contributed by atoms with E-state index in [1.807, 2.05) is 0 Å². The van der Waals surface area contributed by atoms with Crippen molar-refractivity contribution in [2.75, 3.05) is 6.54 Å². The van der Waals surface area contributed by atoms with Gasteiger partial charge in [0.1, 0.15) is 5.82 Å². The largest absolute Gasteiger partial charge is 0.265 e. The first-order valence-corrected chi connectivity index (χ1v) is 5.38. The average Bonchev–Trinajstić information content (AvgIpc) is 2.14. The van der Waals surface area contributed by atoms with Crippen molar-refractivity contribution in [3.8, 4) is 0 Å². The molecule has 16 heavy (non-hydrogen) atoms. The second kappa shape index (κ2) is 5.17. The van der Waals surface area contributed by atoms with Crippen LogP contribution in [0.15, 0.2) is 24.3 Å². The Kier molecular flexibility index (Phi) is 4.35. The van der Waals surface area contributed by atoms with E-state index in [4.69, 9.17) is 34.8 Å². The first-order valence-electron chi connectivity index (χ1n) is 4.24. The van der Waals surface area contributed by atoms with Crippen molar-refractivity contribution in [1.82, 2.24) is 0 Å². The van der Waals surface area contributed by atoms with Crippen LogP contribution < -0.4 is 0 Å². The van der Waals surface area contributed by atoms with E-state index in [2.05, 4.69) is 0 Å². The summed E-state index contributed by atoms with van der Waals surface area (Å²) in [6.45, 7) is -0.526. The van der Waals surface area contributed by atoms with Crippen molar-refractivity contribution in [1.29, 1.82) is 0 Å². The summed E-state index contributed by atoms with van der Waals surface area (Å²) in [5.41, 5.74) is 0.415. The van der Waals surface area contributed by atoms with Crippen LogP contribution in [0.25, 0.3) is 0 Å². The van der Waals surface area contributed by atoms with Crippen LogP contribution in [0, 0.1) is 15.9 Å². The Morgan fingerprint density at radius 3 is 2.19 bits per heavy atom. The zero-order chi connectivity index (χ0) is 12.3. The zero-order valence-corrected chi connectivity index (χ0v) is 10.1. The fourth-order valence-corrected chi connectivity index (χ4v) is 1.83. The molecule has 0 aliphatic heterocycles. The molecule has 0 spiro atoms. The number of benzene rings is 1. The van der Waals surface area contributed by atoms with Crippen molar-refractivity contribution >= 4 is 34.8 Å². The summed E-state index contributed by atoms with van der Waals surface area (Å²) < 4.78 is 10.9. The summed E-state index contributed by atoms with van der Waals surface area (Å²) >= 11 is 17.0. The van der Waals surface area contributed by atoms with Gasteiger partial charge in [0.2, 0.25) is 10.3 Å². The quantitative estimate of drug-likeness (QED) is 0.484. The smallest absolute Gasteiger partial charge is 0.214 e. The minimum Gasteiger partial charge on any atom is -0.265 e. The molecule has 0 heterocycles. The van der Waals surface area contributed by atoms with Crippen molar-refractivity contribution in [3.05, 3.63) is 45.8 Å². The van der Waals surface area contributed by atoms with E-state index in [-0.39, 0.29) is 0 Å². The topological polar surface area (TPSA) is 43.1 Å². The van der Waals surface area contributed by atoms with Crippen LogP contribution >= 0.6 is 34.8 Å². The van der Waals surface area contributed by atoms with Crippen LogP contribution in [0.2, 0.25) is 0 Å². The Bertz CT molecular complexity index is 377. The van der Waals surface area contributed by atoms with Crippen molar-refractivity contribution in [2.45, 2.75) is 9.71 Å². The molecule has 1 atom stereocenters. The lowest BCUT2D eigenvalue weighted by molar-refractivity contribution is -0.483. The molecule has 7 heteroatoms. The summed E-state index contributed by atoms with van der Waals surface area (Å²) in [7, 11) is 0. The maximum Gasteiger partial charge on any atom is 0.214 e. The van der Waals surface area contributed by atoms with E-state index in [0.717, 1.165) is 0 Å². The van der Waals surface area contributed by atoms with E-state index in [0.29, 0.717) is 5.56 Å². The average molecular weight is 287 g/mol. The molecule has 0 aliphatic rings. The number of nitrogens with zero attached hydrogens (tertiary/aromatic N) is 1. The van der Waals surface area contributed by atoms with E-state index >= 15 is 0 Å². The number of halogens is 4. The van der Waals surface area contributed by atoms with E-state index in [9.17, 15) is 14.5 Å². The van der Waals surface area contributed by atoms with Gasteiger partial charge in [-0.3, -0.25) is 10.1 Å². The van der Waals surface area contributed by atoms with Crippen molar-refractivity contribution in [2.24, 2.45) is 0 Å². The first kappa shape index (κ1) is 13.5. The van der Waals surface area contributed by atoms with Gasteiger partial charge in [0.05, 0.1) is 5.92 Å². The van der Waals surface area contributed by atoms with Crippen LogP contribution in [-0.4, -0.2) is 15.3 Å². The third-order valence-corrected chi connectivity index (χ3v) is 2.79. The molecule has 0 saturated heterocycles. The lowest BCUT2D eigenvalue weighted by Crippen LogP contribution is -2.25. The molecule has 0 saturated carbocycles. The number of rotatable bonds is 3. The Morgan fingerprint density at radius 2 is 1.81 bits per heavy atom. The first-order chi connectivity index (χ1) is 7.30. The highest BCUT2D eigenvalue weighted by atomic mass is 35.6. The van der Waals surface area contributed by atoms with Gasteiger partial charge >= 0.3 is 0 Å². The lowest BCUT2D eigenvalue weighted by atomic mass is 10.0. The number of alkyl halides is 3. The maximum atomic E-state index is 12.7. The number of hydrogen-bond acceptors (Lipinski definition) is 2. The molecule has 3 nitrogen and oxygen atoms in total. The highest BCUT2D eigenvalue weighted by molar-refractivity contribution is 6.68. The fourth-order valence-electron chi connectivity index (χ4n) is 1.24. The molecule has 0 N–H and O–H groups in total. The predicted molar refractivity (Wildman–Crippen MR) is 61.3 cm³/mol. The standard InChI is InChI=1S/C9H7Cl3FNO2/c10-9(11,12)8(5-14(15)16)6-1-3-7(13)4-2-6/h1-4,8H,5H2/t8-/m0/s1. The van der Waals surface area contributed by atoms with Crippen LogP contribution in [-0.2, 0) is 0 Å². The van der Waals surface area contributed by atoms with Gasteiger partial charge in [-0.25, -0.2) is 4.39 Å². The molecule has 88 valence electrons. The molecule has 0 fully saturated rings. The number of nitro groups is 1. The zero-order valence-electron chi connectivity index (χ0n) is 7.87. The van der Waals surface area contributed by atoms with Crippen molar-refractivity contribution in [3.63, 3.8) is 0 Å². The highest BCUT2D eigenvalue weighted by Gasteiger charge is 2.37. The molecule has 0 unspecified atom stereocenters. The summed E-state index contributed by atoms with van der Waals surface area (Å²) in [6.07, 6.45) is 0. The van der Waals surface area contributed by atoms with Crippen molar-refractivity contribution < 1.29 is 9.31 Å². The normalized spacial score (nSPS) is 13.5. The van der Waals surface area contributed by atoms with Gasteiger partial charge in [-0.1, -0.05) is 46.9 Å². The molecule has 1 rings (SSSR count). The molecule has 0 aliphatic carbocycles. The van der Waals surface area contributed by atoms with Crippen LogP contribution in [0.1, 0.15) is 11.5 Å². The molecular formula is C9H7Cl3FNO2. The highest BCUT2D eigenvalue weighted by Crippen LogP contribution is 2.41. The third-order valence-electron chi connectivity index (χ3n) is 2.00. The molecule has 0 radical (unpaired) electrons. The molecule has 1 aromatic carbocycles. The van der Waals surface area contributed by atoms with Crippen LogP contribution in [0.4, 0.5) is 4.39 Å². The Labute approximate surface area is 106 Å². The summed E-state index contributed by atoms with van der Waals surface area (Å²) in [5.74, 6) is -1.36. The van der Waals surface area contributed by atoms with E-state index in [1.165, 1.54) is 24.3 Å². The third kappa shape index (κ3) is 3.77. The second-order valence-electron chi connectivity index (χ2n) is 3.16. The molecule has 0 aromatic heterocycles. The van der Waals surface area contributed by atoms with Gasteiger partial charge in [-0.15, -0.1) is 0 Å². The SMILES string of the molecule is O=[N+]([O-])C[C@@H](c1ccc(F)cc1)C(Cl)(Cl)Cl. The van der Waals surface area contributed by atoms with Gasteiger partial charge < -0.3 is 0 Å². The minimum absolute atomic E-state index is 0.415. The fraction of sp³-hybridized carbons (Fsp3) is 0.333. The van der Waals surface area contributed by atoms with Gasteiger partial charge in [-0.2, -0.15) is 0 Å². The molecular weight excluding hydrogens is 279 g/mol. The number of hydrogen-bond donors (Lipinski definition) is 0. The monoisotopic (exact) mass is 285 g/mol. The van der Waals surface area contributed by atoms with Crippen LogP contribution in [0.3, 0.4) is 0 Å². The Hall–Kier alpha value is -0.580. The maximum absolute atomic E-state index is 12.7. The van der Waals surface area contributed by atoms with Gasteiger partial charge in [0.25, 0.3) is 0 Å². The Balaban J connectivity index is 3.01.